The maximum Gasteiger partial charge on any atom is 0.328 e. The van der Waals surface area contributed by atoms with Gasteiger partial charge in [0.05, 0.1) is 0 Å². The van der Waals surface area contributed by atoms with Crippen molar-refractivity contribution in [2.75, 3.05) is 0 Å². The van der Waals surface area contributed by atoms with Gasteiger partial charge in [0.15, 0.2) is 0 Å². The Labute approximate surface area is 282 Å². The number of aliphatic carboxylic acids is 2. The molecule has 0 amide bonds. The molecule has 0 aliphatic rings. The number of hydrogen-bond donors (Lipinski definition) is 2. The third-order valence-electron chi connectivity index (χ3n) is 6.75. The summed E-state index contributed by atoms with van der Waals surface area (Å²) >= 11 is 0. The van der Waals surface area contributed by atoms with Crippen molar-refractivity contribution in [3.63, 3.8) is 0 Å². The first-order valence-corrected chi connectivity index (χ1v) is 17.7. The van der Waals surface area contributed by atoms with E-state index in [-0.39, 0.29) is 0 Å². The SMILES string of the molecule is CCCCCCCCCC=CC=CC=CC=CC=CC(=O)O.CCCCCCCCCCCC=CC=CC=CC=CC=CC(=O)O. The van der Waals surface area contributed by atoms with E-state index in [4.69, 9.17) is 10.2 Å². The zero-order chi connectivity index (χ0) is 34.0. The second kappa shape index (κ2) is 41.3. The molecule has 0 spiro atoms. The maximum absolute atomic E-state index is 10.2. The summed E-state index contributed by atoms with van der Waals surface area (Å²) in [7, 11) is 0. The molecule has 0 unspecified atom stereocenters. The summed E-state index contributed by atoms with van der Waals surface area (Å²) in [5.74, 6) is -1.86. The molecule has 0 aliphatic heterocycles. The molecule has 0 bridgehead atoms. The van der Waals surface area contributed by atoms with Gasteiger partial charge >= 0.3 is 11.9 Å². The number of carboxylic acids is 2. The molecule has 0 radical (unpaired) electrons. The van der Waals surface area contributed by atoms with Crippen LogP contribution in [0, 0.1) is 0 Å². The summed E-state index contributed by atoms with van der Waals surface area (Å²) in [4.78, 5) is 20.4. The molecule has 0 rings (SSSR count). The Balaban J connectivity index is 0. The Morgan fingerprint density at radius 3 is 0.870 bits per heavy atom. The highest BCUT2D eigenvalue weighted by Gasteiger charge is 1.91. The number of carboxylic acid groups (broad SMARTS) is 2. The van der Waals surface area contributed by atoms with Crippen molar-refractivity contribution in [3.8, 4) is 0 Å². The Morgan fingerprint density at radius 2 is 0.587 bits per heavy atom. The lowest BCUT2D eigenvalue weighted by Gasteiger charge is -2.00. The van der Waals surface area contributed by atoms with Gasteiger partial charge in [0.2, 0.25) is 0 Å². The zero-order valence-corrected chi connectivity index (χ0v) is 29.0. The molecule has 0 fully saturated rings. The number of rotatable bonds is 28. The molecule has 4 nitrogen and oxygen atoms in total. The van der Waals surface area contributed by atoms with E-state index < -0.39 is 11.9 Å². The van der Waals surface area contributed by atoms with Crippen LogP contribution in [0.1, 0.15) is 129 Å². The van der Waals surface area contributed by atoms with Crippen LogP contribution in [-0.2, 0) is 9.59 Å². The van der Waals surface area contributed by atoms with Crippen LogP contribution in [0.5, 0.6) is 0 Å². The molecular weight excluding hydrogens is 568 g/mol. The minimum absolute atomic E-state index is 0.930. The van der Waals surface area contributed by atoms with Crippen LogP contribution in [0.3, 0.4) is 0 Å². The smallest absolute Gasteiger partial charge is 0.328 e. The van der Waals surface area contributed by atoms with Gasteiger partial charge in [-0.15, -0.1) is 0 Å². The van der Waals surface area contributed by atoms with Gasteiger partial charge in [-0.3, -0.25) is 0 Å². The summed E-state index contributed by atoms with van der Waals surface area (Å²) in [6.45, 7) is 4.51. The molecule has 4 heteroatoms. The van der Waals surface area contributed by atoms with Gasteiger partial charge in [-0.25, -0.2) is 9.59 Å². The van der Waals surface area contributed by atoms with Gasteiger partial charge in [0.25, 0.3) is 0 Å². The van der Waals surface area contributed by atoms with E-state index in [9.17, 15) is 9.59 Å². The lowest BCUT2D eigenvalue weighted by molar-refractivity contribution is -0.132. The van der Waals surface area contributed by atoms with Crippen molar-refractivity contribution in [1.29, 1.82) is 0 Å². The second-order valence-electron chi connectivity index (χ2n) is 11.1. The van der Waals surface area contributed by atoms with E-state index in [2.05, 4.69) is 38.2 Å². The Bertz CT molecular complexity index is 983. The average Bonchev–Trinajstić information content (AvgIpc) is 3.03. The van der Waals surface area contributed by atoms with Crippen molar-refractivity contribution in [2.45, 2.75) is 129 Å². The predicted molar refractivity (Wildman–Crippen MR) is 201 cm³/mol. The number of hydrogen-bond acceptors (Lipinski definition) is 2. The van der Waals surface area contributed by atoms with E-state index >= 15 is 0 Å². The topological polar surface area (TPSA) is 74.6 Å². The fourth-order valence-corrected chi connectivity index (χ4v) is 4.19. The van der Waals surface area contributed by atoms with Crippen molar-refractivity contribution >= 4 is 11.9 Å². The molecular formula is C42H64O4. The molecule has 0 aliphatic carbocycles. The predicted octanol–water partition coefficient (Wildman–Crippen LogP) is 12.8. The molecule has 2 N–H and O–H groups in total. The van der Waals surface area contributed by atoms with Crippen LogP contribution in [0.25, 0.3) is 0 Å². The summed E-state index contributed by atoms with van der Waals surface area (Å²) < 4.78 is 0. The first kappa shape index (κ1) is 44.5. The standard InChI is InChI=1S/C22H34O2.C20H30O2/c1-2-3-4-5-6-7-8-9-10-11-12-13-14-15-16-17-18-19-20-21-22(23)24;1-2-3-4-5-6-7-8-9-10-11-12-13-14-15-16-17-18-19-20(21)22/h12-21H,2-11H2,1H3,(H,23,24);10-19H,2-9H2,1H3,(H,21,22). The summed E-state index contributed by atoms with van der Waals surface area (Å²) in [5, 5.41) is 16.8. The third-order valence-corrected chi connectivity index (χ3v) is 6.75. The normalized spacial score (nSPS) is 12.7. The molecule has 0 atom stereocenters. The van der Waals surface area contributed by atoms with Crippen molar-refractivity contribution in [2.24, 2.45) is 0 Å². The van der Waals surface area contributed by atoms with Gasteiger partial charge in [0.1, 0.15) is 0 Å². The quantitative estimate of drug-likeness (QED) is 0.0511. The van der Waals surface area contributed by atoms with E-state index in [0.29, 0.717) is 0 Å². The third kappa shape index (κ3) is 47.3. The highest BCUT2D eigenvalue weighted by atomic mass is 16.4. The zero-order valence-electron chi connectivity index (χ0n) is 29.0. The molecule has 0 saturated heterocycles. The van der Waals surface area contributed by atoms with Crippen LogP contribution in [-0.4, -0.2) is 22.2 Å². The minimum atomic E-state index is -0.931. The average molecular weight is 633 g/mol. The largest absolute Gasteiger partial charge is 0.478 e. The molecule has 0 aromatic heterocycles. The van der Waals surface area contributed by atoms with Crippen molar-refractivity contribution in [1.82, 2.24) is 0 Å². The highest BCUT2D eigenvalue weighted by Crippen LogP contribution is 2.11. The summed E-state index contributed by atoms with van der Waals surface area (Å²) in [6, 6.07) is 0. The first-order chi connectivity index (χ1) is 22.5. The summed E-state index contributed by atoms with van der Waals surface area (Å²) in [6.07, 6.45) is 60.5. The van der Waals surface area contributed by atoms with Gasteiger partial charge in [-0.2, -0.15) is 0 Å². The van der Waals surface area contributed by atoms with Crippen LogP contribution >= 0.6 is 0 Å². The summed E-state index contributed by atoms with van der Waals surface area (Å²) in [5.41, 5.74) is 0. The van der Waals surface area contributed by atoms with E-state index in [0.717, 1.165) is 25.0 Å². The van der Waals surface area contributed by atoms with Crippen LogP contribution in [0.15, 0.2) is 122 Å². The molecule has 0 saturated carbocycles. The van der Waals surface area contributed by atoms with Gasteiger partial charge in [-0.1, -0.05) is 213 Å². The molecule has 256 valence electrons. The lowest BCUT2D eigenvalue weighted by atomic mass is 10.1. The Morgan fingerprint density at radius 1 is 0.348 bits per heavy atom. The Kier molecular flexibility index (Phi) is 40.0. The number of carbonyl (C=O) groups is 2. The molecule has 0 heterocycles. The Hall–Kier alpha value is -3.66. The van der Waals surface area contributed by atoms with Crippen LogP contribution in [0.4, 0.5) is 0 Å². The first-order valence-electron chi connectivity index (χ1n) is 17.7. The lowest BCUT2D eigenvalue weighted by Crippen LogP contribution is -1.84. The second-order valence-corrected chi connectivity index (χ2v) is 11.1. The van der Waals surface area contributed by atoms with Gasteiger partial charge in [0, 0.05) is 12.2 Å². The minimum Gasteiger partial charge on any atom is -0.478 e. The number of unbranched alkanes of at least 4 members (excludes halogenated alkanes) is 16. The fourth-order valence-electron chi connectivity index (χ4n) is 4.19. The molecule has 46 heavy (non-hydrogen) atoms. The molecule has 0 aromatic rings. The monoisotopic (exact) mass is 632 g/mol. The van der Waals surface area contributed by atoms with Gasteiger partial charge < -0.3 is 10.2 Å². The highest BCUT2D eigenvalue weighted by molar-refractivity contribution is 5.80. The van der Waals surface area contributed by atoms with Crippen molar-refractivity contribution < 1.29 is 19.8 Å². The molecule has 0 aromatic carbocycles. The fraction of sp³-hybridized carbons (Fsp3) is 0.476. The van der Waals surface area contributed by atoms with Crippen LogP contribution < -0.4 is 0 Å². The van der Waals surface area contributed by atoms with E-state index in [1.165, 1.54) is 115 Å². The maximum atomic E-state index is 10.2. The van der Waals surface area contributed by atoms with Gasteiger partial charge in [-0.05, 0) is 25.7 Å². The van der Waals surface area contributed by atoms with Crippen molar-refractivity contribution in [3.05, 3.63) is 122 Å². The van der Waals surface area contributed by atoms with E-state index in [1.54, 1.807) is 24.3 Å². The van der Waals surface area contributed by atoms with E-state index in [1.807, 2.05) is 48.6 Å². The van der Waals surface area contributed by atoms with Crippen LogP contribution in [0.2, 0.25) is 0 Å². The number of allylic oxidation sites excluding steroid dienone is 18.